The second-order valence-electron chi connectivity index (χ2n) is 2.88. The summed E-state index contributed by atoms with van der Waals surface area (Å²) in [6, 6.07) is 6.80. The van der Waals surface area contributed by atoms with Crippen LogP contribution < -0.4 is 0 Å². The monoisotopic (exact) mass is 229 g/mol. The van der Waals surface area contributed by atoms with Gasteiger partial charge in [-0.25, -0.2) is 0 Å². The number of nitrogens with zero attached hydrogens (tertiary/aromatic N) is 1. The number of hydrogen-bond donors (Lipinski definition) is 1. The van der Waals surface area contributed by atoms with Gasteiger partial charge in [0, 0.05) is 6.21 Å². The van der Waals surface area contributed by atoms with E-state index in [0.29, 0.717) is 0 Å². The molecular formula is C15H19NO. The molecule has 0 atom stereocenters. The van der Waals surface area contributed by atoms with Crippen molar-refractivity contribution >= 4 is 6.21 Å². The van der Waals surface area contributed by atoms with Gasteiger partial charge in [-0.05, 0) is 42.0 Å². The highest BCUT2D eigenvalue weighted by Crippen LogP contribution is 2.08. The van der Waals surface area contributed by atoms with Gasteiger partial charge in [-0.1, -0.05) is 33.1 Å². The van der Waals surface area contributed by atoms with Gasteiger partial charge in [-0.15, -0.1) is 0 Å². The molecule has 0 unspecified atom stereocenters. The number of phenolic OH excluding ortho intramolecular Hbond substituents is 1. The van der Waals surface area contributed by atoms with Crippen molar-refractivity contribution in [3.63, 3.8) is 0 Å². The van der Waals surface area contributed by atoms with Crippen molar-refractivity contribution in [2.24, 2.45) is 4.99 Å². The third kappa shape index (κ3) is 6.15. The molecule has 0 saturated heterocycles. The minimum absolute atomic E-state index is 0.248. The summed E-state index contributed by atoms with van der Waals surface area (Å²) in [7, 11) is 0. The fourth-order valence-corrected chi connectivity index (χ4v) is 0.994. The van der Waals surface area contributed by atoms with Crippen molar-refractivity contribution in [2.75, 3.05) is 0 Å². The van der Waals surface area contributed by atoms with Crippen molar-refractivity contribution in [2.45, 2.75) is 13.8 Å². The van der Waals surface area contributed by atoms with Crippen LogP contribution in [0.4, 0.5) is 0 Å². The maximum Gasteiger partial charge on any atom is 0.115 e. The molecule has 1 rings (SSSR count). The Kier molecular flexibility index (Phi) is 8.03. The summed E-state index contributed by atoms with van der Waals surface area (Å²) in [6.45, 7) is 11.2. The first-order valence-corrected chi connectivity index (χ1v) is 5.54. The van der Waals surface area contributed by atoms with E-state index in [-0.39, 0.29) is 5.75 Å². The Morgan fingerprint density at radius 1 is 1.18 bits per heavy atom. The summed E-state index contributed by atoms with van der Waals surface area (Å²) in [5.41, 5.74) is 1.67. The molecule has 2 nitrogen and oxygen atoms in total. The minimum Gasteiger partial charge on any atom is -0.508 e. The normalized spacial score (nSPS) is 10.6. The summed E-state index contributed by atoms with van der Waals surface area (Å²) < 4.78 is 0. The highest BCUT2D eigenvalue weighted by Gasteiger charge is 1.89. The van der Waals surface area contributed by atoms with Gasteiger partial charge < -0.3 is 5.11 Å². The lowest BCUT2D eigenvalue weighted by Gasteiger charge is -1.94. The van der Waals surface area contributed by atoms with Crippen LogP contribution >= 0.6 is 0 Å². The summed E-state index contributed by atoms with van der Waals surface area (Å²) in [5, 5.41) is 9.08. The molecule has 0 aromatic heterocycles. The fraction of sp³-hybridized carbons (Fsp3) is 0.133. The number of rotatable bonds is 4. The van der Waals surface area contributed by atoms with Crippen molar-refractivity contribution in [1.29, 1.82) is 0 Å². The Bertz CT molecular complexity index is 399. The molecule has 0 aliphatic carbocycles. The van der Waals surface area contributed by atoms with E-state index in [4.69, 9.17) is 5.11 Å². The van der Waals surface area contributed by atoms with Crippen LogP contribution in [0.3, 0.4) is 0 Å². The van der Waals surface area contributed by atoms with E-state index in [0.717, 1.165) is 11.3 Å². The van der Waals surface area contributed by atoms with Crippen LogP contribution in [0.5, 0.6) is 5.75 Å². The molecule has 0 aliphatic heterocycles. The topological polar surface area (TPSA) is 32.6 Å². The van der Waals surface area contributed by atoms with Crippen LogP contribution in [-0.2, 0) is 0 Å². The molecule has 0 bridgehead atoms. The molecule has 0 amide bonds. The van der Waals surface area contributed by atoms with E-state index in [9.17, 15) is 0 Å². The van der Waals surface area contributed by atoms with Crippen molar-refractivity contribution in [3.05, 3.63) is 66.9 Å². The highest BCUT2D eigenvalue weighted by atomic mass is 16.3. The van der Waals surface area contributed by atoms with Gasteiger partial charge >= 0.3 is 0 Å². The molecular weight excluding hydrogens is 210 g/mol. The predicted octanol–water partition coefficient (Wildman–Crippen LogP) is 4.09. The summed E-state index contributed by atoms with van der Waals surface area (Å²) >= 11 is 0. The maximum absolute atomic E-state index is 9.08. The Labute approximate surface area is 103 Å². The van der Waals surface area contributed by atoms with E-state index < -0.39 is 0 Å². The van der Waals surface area contributed by atoms with Gasteiger partial charge in [0.1, 0.15) is 5.75 Å². The molecule has 90 valence electrons. The van der Waals surface area contributed by atoms with Crippen LogP contribution in [0.25, 0.3) is 0 Å². The predicted molar refractivity (Wildman–Crippen MR) is 75.5 cm³/mol. The van der Waals surface area contributed by atoms with Crippen molar-refractivity contribution < 1.29 is 5.11 Å². The number of hydrogen-bond acceptors (Lipinski definition) is 2. The molecule has 0 spiro atoms. The Balaban J connectivity index is 0.00000121. The molecule has 0 fully saturated rings. The van der Waals surface area contributed by atoms with Crippen LogP contribution in [0, 0.1) is 0 Å². The zero-order valence-electron chi connectivity index (χ0n) is 10.4. The average molecular weight is 229 g/mol. The number of phenols is 1. The molecule has 0 heterocycles. The number of benzene rings is 1. The van der Waals surface area contributed by atoms with Crippen LogP contribution in [0.1, 0.15) is 19.4 Å². The lowest BCUT2D eigenvalue weighted by Crippen LogP contribution is -1.80. The van der Waals surface area contributed by atoms with Gasteiger partial charge in [-0.2, -0.15) is 0 Å². The molecule has 1 N–H and O–H groups in total. The first kappa shape index (κ1) is 14.9. The lowest BCUT2D eigenvalue weighted by molar-refractivity contribution is 0.475. The van der Waals surface area contributed by atoms with Gasteiger partial charge in [0.25, 0.3) is 0 Å². The number of aliphatic imine (C=N–C) groups is 1. The zero-order valence-corrected chi connectivity index (χ0v) is 10.4. The highest BCUT2D eigenvalue weighted by molar-refractivity contribution is 5.80. The van der Waals surface area contributed by atoms with E-state index in [1.54, 1.807) is 48.7 Å². The average Bonchev–Trinajstić information content (AvgIpc) is 2.39. The summed E-state index contributed by atoms with van der Waals surface area (Å²) in [5.74, 6) is 0.248. The molecule has 0 aliphatic rings. The van der Waals surface area contributed by atoms with E-state index in [2.05, 4.69) is 18.2 Å². The fourth-order valence-electron chi connectivity index (χ4n) is 0.994. The van der Waals surface area contributed by atoms with Gasteiger partial charge in [0.05, 0.1) is 5.70 Å². The molecule has 0 saturated carbocycles. The standard InChI is InChI=1S/C13H13NO.C2H6/c1-3-5-12(4-2)14-10-11-6-8-13(15)9-7-11;1-2/h3-10,15H,1-2H2;1-2H3/b12-5+,14-10?;. The third-order valence-electron chi connectivity index (χ3n) is 1.75. The van der Waals surface area contributed by atoms with Gasteiger partial charge in [-0.3, -0.25) is 4.99 Å². The molecule has 0 radical (unpaired) electrons. The first-order chi connectivity index (χ1) is 8.26. The molecule has 17 heavy (non-hydrogen) atoms. The maximum atomic E-state index is 9.08. The Morgan fingerprint density at radius 3 is 2.24 bits per heavy atom. The Morgan fingerprint density at radius 2 is 1.76 bits per heavy atom. The lowest BCUT2D eigenvalue weighted by atomic mass is 10.2. The van der Waals surface area contributed by atoms with Crippen molar-refractivity contribution in [3.8, 4) is 5.75 Å². The largest absolute Gasteiger partial charge is 0.508 e. The quantitative estimate of drug-likeness (QED) is 0.612. The second kappa shape index (κ2) is 9.16. The Hall–Kier alpha value is -2.09. The van der Waals surface area contributed by atoms with Gasteiger partial charge in [0.2, 0.25) is 0 Å². The van der Waals surface area contributed by atoms with E-state index in [1.807, 2.05) is 13.8 Å². The van der Waals surface area contributed by atoms with E-state index >= 15 is 0 Å². The molecule has 1 aromatic carbocycles. The van der Waals surface area contributed by atoms with Crippen LogP contribution in [0.15, 0.2) is 66.3 Å². The smallest absolute Gasteiger partial charge is 0.115 e. The minimum atomic E-state index is 0.248. The van der Waals surface area contributed by atoms with E-state index in [1.165, 1.54) is 0 Å². The number of allylic oxidation sites excluding steroid dienone is 3. The van der Waals surface area contributed by atoms with Crippen molar-refractivity contribution in [1.82, 2.24) is 0 Å². The van der Waals surface area contributed by atoms with Gasteiger partial charge in [0.15, 0.2) is 0 Å². The summed E-state index contributed by atoms with van der Waals surface area (Å²) in [4.78, 5) is 4.20. The first-order valence-electron chi connectivity index (χ1n) is 5.54. The van der Waals surface area contributed by atoms with Crippen LogP contribution in [-0.4, -0.2) is 11.3 Å². The zero-order chi connectivity index (χ0) is 13.1. The SMILES string of the molecule is C=C/C=C(\C=C)N=Cc1ccc(O)cc1.CC. The summed E-state index contributed by atoms with van der Waals surface area (Å²) in [6.07, 6.45) is 6.78. The third-order valence-corrected chi connectivity index (χ3v) is 1.75. The molecule has 1 aromatic rings. The molecule has 2 heteroatoms. The second-order valence-corrected chi connectivity index (χ2v) is 2.88. The van der Waals surface area contributed by atoms with Crippen LogP contribution in [0.2, 0.25) is 0 Å². The number of aromatic hydroxyl groups is 1.